The van der Waals surface area contributed by atoms with Gasteiger partial charge in [-0.3, -0.25) is 4.57 Å². The summed E-state index contributed by atoms with van der Waals surface area (Å²) in [7, 11) is -3.58. The van der Waals surface area contributed by atoms with Crippen LogP contribution in [0.15, 0.2) is 30.6 Å². The summed E-state index contributed by atoms with van der Waals surface area (Å²) < 4.78 is 87.0. The Balaban J connectivity index is 0.000000518. The van der Waals surface area contributed by atoms with E-state index in [1.165, 1.54) is 0 Å². The van der Waals surface area contributed by atoms with E-state index in [2.05, 4.69) is 9.05 Å². The molecular weight excluding hydrogens is 343 g/mol. The molecule has 0 saturated carbocycles. The highest BCUT2D eigenvalue weighted by molar-refractivity contribution is 7.45. The predicted molar refractivity (Wildman–Crippen MR) is 59.2 cm³/mol. The molecule has 0 amide bonds. The number of aryl methyl sites for hydroxylation is 1. The minimum atomic E-state index is -5.58. The van der Waals surface area contributed by atoms with E-state index in [1.807, 2.05) is 42.2 Å². The summed E-state index contributed by atoms with van der Waals surface area (Å²) >= 11 is 0. The molecule has 0 aliphatic heterocycles. The van der Waals surface area contributed by atoms with Crippen LogP contribution in [0, 0.1) is 0 Å². The normalized spacial score (nSPS) is 12.5. The number of phosphoric acid groups is 1. The number of pyridine rings is 1. The lowest BCUT2D eigenvalue weighted by Crippen LogP contribution is -2.25. The van der Waals surface area contributed by atoms with Crippen molar-refractivity contribution in [2.45, 2.75) is 12.4 Å². The molecule has 22 heavy (non-hydrogen) atoms. The van der Waals surface area contributed by atoms with Gasteiger partial charge in [-0.25, -0.2) is 4.57 Å². The molecule has 1 rings (SSSR count). The van der Waals surface area contributed by atoms with Crippen molar-refractivity contribution in [2.75, 3.05) is 13.2 Å². The smallest absolute Gasteiger partial charge is 0.412 e. The second-order valence-electron chi connectivity index (χ2n) is 3.77. The maximum Gasteiger partial charge on any atom is 0.412 e. The van der Waals surface area contributed by atoms with Crippen molar-refractivity contribution in [1.82, 2.24) is 0 Å². The monoisotopic (exact) mass is 355 g/mol. The fourth-order valence-corrected chi connectivity index (χ4v) is 1.51. The van der Waals surface area contributed by atoms with Gasteiger partial charge in [-0.2, -0.15) is 26.3 Å². The van der Waals surface area contributed by atoms with Gasteiger partial charge in [0, 0.05) is 12.1 Å². The highest BCUT2D eigenvalue weighted by atomic mass is 31.2. The molecule has 1 aromatic rings. The second-order valence-corrected chi connectivity index (χ2v) is 5.18. The highest BCUT2D eigenvalue weighted by Crippen LogP contribution is 2.41. The molecule has 12 heteroatoms. The van der Waals surface area contributed by atoms with E-state index < -0.39 is 33.4 Å². The van der Waals surface area contributed by atoms with Crippen LogP contribution in [0.1, 0.15) is 0 Å². The Morgan fingerprint density at radius 1 is 0.955 bits per heavy atom. The Bertz CT molecular complexity index is 457. The third-order valence-corrected chi connectivity index (χ3v) is 2.53. The standard InChI is InChI=1S/C6H8N.C4H5F6O4P/c1-7-5-3-2-4-6-7;5-3(6,7)1-13-15(11,12)14-2-4(8,9)10/h2-6H,1H3;1-2H2,(H,11,12)/q+1;/p-1. The molecule has 1 aromatic heterocycles. The first kappa shape index (κ1) is 20.8. The van der Waals surface area contributed by atoms with Gasteiger partial charge in [0.25, 0.3) is 7.82 Å². The molecule has 0 aliphatic rings. The average Bonchev–Trinajstić information content (AvgIpc) is 2.35. The maximum atomic E-state index is 11.4. The zero-order chi connectivity index (χ0) is 17.4. The van der Waals surface area contributed by atoms with E-state index in [0.717, 1.165) is 0 Å². The van der Waals surface area contributed by atoms with E-state index in [-0.39, 0.29) is 0 Å². The van der Waals surface area contributed by atoms with Crippen LogP contribution in [0.3, 0.4) is 0 Å². The first-order valence-electron chi connectivity index (χ1n) is 5.45. The summed E-state index contributed by atoms with van der Waals surface area (Å²) in [5.41, 5.74) is 0. The van der Waals surface area contributed by atoms with Crippen LogP contribution in [-0.2, 0) is 20.7 Å². The minimum Gasteiger partial charge on any atom is -0.756 e. The predicted octanol–water partition coefficient (Wildman–Crippen LogP) is 2.12. The van der Waals surface area contributed by atoms with E-state index in [4.69, 9.17) is 0 Å². The Hall–Kier alpha value is -1.16. The molecule has 0 aliphatic carbocycles. The summed E-state index contributed by atoms with van der Waals surface area (Å²) in [4.78, 5) is 10.3. The molecular formula is C10H12F6NO4P. The fourth-order valence-electron chi connectivity index (χ4n) is 0.827. The molecule has 0 spiro atoms. The van der Waals surface area contributed by atoms with Crippen molar-refractivity contribution < 1.29 is 49.4 Å². The van der Waals surface area contributed by atoms with Gasteiger partial charge in [0.1, 0.15) is 7.05 Å². The third-order valence-electron chi connectivity index (χ3n) is 1.64. The minimum absolute atomic E-state index is 2.00. The number of phosphoric ester groups is 1. The molecule has 5 nitrogen and oxygen atoms in total. The van der Waals surface area contributed by atoms with Crippen molar-refractivity contribution in [2.24, 2.45) is 7.05 Å². The molecule has 0 aromatic carbocycles. The number of hydrogen-bond donors (Lipinski definition) is 0. The lowest BCUT2D eigenvalue weighted by molar-refractivity contribution is -0.671. The molecule has 128 valence electrons. The van der Waals surface area contributed by atoms with Crippen LogP contribution in [0.4, 0.5) is 26.3 Å². The van der Waals surface area contributed by atoms with Gasteiger partial charge >= 0.3 is 12.4 Å². The average molecular weight is 355 g/mol. The van der Waals surface area contributed by atoms with Crippen molar-refractivity contribution in [1.29, 1.82) is 0 Å². The lowest BCUT2D eigenvalue weighted by atomic mass is 10.5. The van der Waals surface area contributed by atoms with Gasteiger partial charge in [-0.1, -0.05) is 6.07 Å². The quantitative estimate of drug-likeness (QED) is 0.472. The van der Waals surface area contributed by atoms with Crippen molar-refractivity contribution >= 4 is 7.82 Å². The van der Waals surface area contributed by atoms with E-state index in [9.17, 15) is 35.8 Å². The Kier molecular flexibility index (Phi) is 8.02. The maximum absolute atomic E-state index is 11.4. The van der Waals surface area contributed by atoms with Crippen LogP contribution in [-0.4, -0.2) is 25.6 Å². The van der Waals surface area contributed by atoms with E-state index in [1.54, 1.807) is 0 Å². The lowest BCUT2D eigenvalue weighted by Gasteiger charge is -2.23. The largest absolute Gasteiger partial charge is 0.756 e. The molecule has 0 atom stereocenters. The van der Waals surface area contributed by atoms with Crippen LogP contribution < -0.4 is 9.46 Å². The molecule has 0 N–H and O–H groups in total. The number of nitrogens with zero attached hydrogens (tertiary/aromatic N) is 1. The molecule has 0 fully saturated rings. The van der Waals surface area contributed by atoms with Crippen LogP contribution in [0.5, 0.6) is 0 Å². The van der Waals surface area contributed by atoms with Gasteiger partial charge in [-0.05, 0) is 0 Å². The van der Waals surface area contributed by atoms with Crippen LogP contribution in [0.25, 0.3) is 0 Å². The third kappa shape index (κ3) is 13.8. The molecule has 0 saturated heterocycles. The molecule has 0 radical (unpaired) electrons. The SMILES string of the molecule is C[n+]1ccccc1.O=P([O-])(OCC(F)(F)F)OCC(F)(F)F. The zero-order valence-corrected chi connectivity index (χ0v) is 12.0. The summed E-state index contributed by atoms with van der Waals surface area (Å²) in [6.07, 6.45) is -5.94. The first-order valence-corrected chi connectivity index (χ1v) is 6.91. The van der Waals surface area contributed by atoms with Crippen LogP contribution in [0.2, 0.25) is 0 Å². The molecule has 0 unspecified atom stereocenters. The number of rotatable bonds is 4. The topological polar surface area (TPSA) is 62.5 Å². The molecule has 1 heterocycles. The molecule has 0 bridgehead atoms. The first-order chi connectivity index (χ1) is 9.81. The Labute approximate surface area is 121 Å². The summed E-state index contributed by atoms with van der Waals surface area (Å²) in [6, 6.07) is 6.00. The number of hydrogen-bond acceptors (Lipinski definition) is 4. The highest BCUT2D eigenvalue weighted by Gasteiger charge is 2.33. The zero-order valence-electron chi connectivity index (χ0n) is 11.1. The van der Waals surface area contributed by atoms with Gasteiger partial charge < -0.3 is 13.9 Å². The summed E-state index contributed by atoms with van der Waals surface area (Å²) in [5, 5.41) is 0. The van der Waals surface area contributed by atoms with Gasteiger partial charge in [-0.15, -0.1) is 0 Å². The fraction of sp³-hybridized carbons (Fsp3) is 0.500. The van der Waals surface area contributed by atoms with Gasteiger partial charge in [0.15, 0.2) is 25.6 Å². The van der Waals surface area contributed by atoms with Crippen LogP contribution >= 0.6 is 7.82 Å². The number of aromatic nitrogens is 1. The summed E-state index contributed by atoms with van der Waals surface area (Å²) in [5.74, 6) is 0. The van der Waals surface area contributed by atoms with Gasteiger partial charge in [0.05, 0.1) is 0 Å². The number of halogens is 6. The Morgan fingerprint density at radius 2 is 1.32 bits per heavy atom. The summed E-state index contributed by atoms with van der Waals surface area (Å²) in [6.45, 7) is -4.46. The second kappa shape index (κ2) is 8.47. The van der Waals surface area contributed by atoms with Crippen molar-refractivity contribution in [3.8, 4) is 0 Å². The Morgan fingerprint density at radius 3 is 1.55 bits per heavy atom. The van der Waals surface area contributed by atoms with Crippen molar-refractivity contribution in [3.63, 3.8) is 0 Å². The van der Waals surface area contributed by atoms with E-state index >= 15 is 0 Å². The van der Waals surface area contributed by atoms with Gasteiger partial charge in [0.2, 0.25) is 0 Å². The van der Waals surface area contributed by atoms with E-state index in [0.29, 0.717) is 0 Å². The number of alkyl halides is 6. The van der Waals surface area contributed by atoms with Crippen molar-refractivity contribution in [3.05, 3.63) is 30.6 Å².